The maximum absolute atomic E-state index is 10.6. The van der Waals surface area contributed by atoms with E-state index in [1.807, 2.05) is 30.3 Å². The van der Waals surface area contributed by atoms with E-state index in [0.717, 1.165) is 11.8 Å². The normalized spacial score (nSPS) is 12.3. The number of benzene rings is 1. The molecule has 0 saturated heterocycles. The van der Waals surface area contributed by atoms with Crippen LogP contribution in [0.5, 0.6) is 0 Å². The van der Waals surface area contributed by atoms with Crippen LogP contribution in [0.25, 0.3) is 0 Å². The van der Waals surface area contributed by atoms with Gasteiger partial charge >= 0.3 is 5.97 Å². The van der Waals surface area contributed by atoms with Gasteiger partial charge in [-0.1, -0.05) is 30.3 Å². The largest absolute Gasteiger partial charge is 0.476 e. The van der Waals surface area contributed by atoms with Gasteiger partial charge in [0.1, 0.15) is 12.3 Å². The third kappa shape index (κ3) is 3.64. The molecule has 0 unspecified atom stereocenters. The van der Waals surface area contributed by atoms with E-state index < -0.39 is 12.0 Å². The summed E-state index contributed by atoms with van der Waals surface area (Å²) in [7, 11) is 0. The van der Waals surface area contributed by atoms with Crippen LogP contribution in [0.15, 0.2) is 41.0 Å². The first-order valence-corrected chi connectivity index (χ1v) is 5.73. The predicted octanol–water partition coefficient (Wildman–Crippen LogP) is 1.59. The molecule has 6 nitrogen and oxygen atoms in total. The summed E-state index contributed by atoms with van der Waals surface area (Å²) in [5.74, 6) is -0.988. The summed E-state index contributed by atoms with van der Waals surface area (Å²) in [5, 5.41) is 8.71. The van der Waals surface area contributed by atoms with Crippen molar-refractivity contribution in [1.29, 1.82) is 0 Å². The third-order valence-corrected chi connectivity index (χ3v) is 2.47. The van der Waals surface area contributed by atoms with Crippen LogP contribution >= 0.6 is 0 Å². The molecule has 1 atom stereocenters. The van der Waals surface area contributed by atoms with Crippen molar-refractivity contribution in [3.05, 3.63) is 53.7 Å². The summed E-state index contributed by atoms with van der Waals surface area (Å²) >= 11 is 0. The SMILES string of the molecule is N[C@@H](COCc1ccccc1)c1nc(C(=O)O)co1. The van der Waals surface area contributed by atoms with E-state index in [1.54, 1.807) is 0 Å². The zero-order chi connectivity index (χ0) is 13.7. The highest BCUT2D eigenvalue weighted by Gasteiger charge is 2.16. The van der Waals surface area contributed by atoms with E-state index in [2.05, 4.69) is 4.98 Å². The molecule has 0 aliphatic rings. The summed E-state index contributed by atoms with van der Waals surface area (Å²) in [4.78, 5) is 14.4. The Hall–Kier alpha value is -2.18. The topological polar surface area (TPSA) is 98.6 Å². The predicted molar refractivity (Wildman–Crippen MR) is 66.5 cm³/mol. The Morgan fingerprint density at radius 1 is 1.42 bits per heavy atom. The van der Waals surface area contributed by atoms with Gasteiger partial charge in [0.25, 0.3) is 0 Å². The van der Waals surface area contributed by atoms with Gasteiger partial charge in [0.2, 0.25) is 5.89 Å². The monoisotopic (exact) mass is 262 g/mol. The van der Waals surface area contributed by atoms with Crippen LogP contribution in [-0.4, -0.2) is 22.7 Å². The number of hydrogen-bond acceptors (Lipinski definition) is 5. The Balaban J connectivity index is 1.83. The van der Waals surface area contributed by atoms with Crippen LogP contribution in [0.4, 0.5) is 0 Å². The van der Waals surface area contributed by atoms with Gasteiger partial charge in [0.05, 0.1) is 13.2 Å². The molecule has 1 aromatic carbocycles. The van der Waals surface area contributed by atoms with Crippen LogP contribution in [0.1, 0.15) is 28.0 Å². The molecule has 2 aromatic rings. The second kappa shape index (κ2) is 6.12. The summed E-state index contributed by atoms with van der Waals surface area (Å²) in [5.41, 5.74) is 6.68. The Kier molecular flexibility index (Phi) is 4.27. The van der Waals surface area contributed by atoms with E-state index in [1.165, 1.54) is 0 Å². The number of nitrogens with zero attached hydrogens (tertiary/aromatic N) is 1. The molecule has 0 fully saturated rings. The highest BCUT2D eigenvalue weighted by atomic mass is 16.5. The summed E-state index contributed by atoms with van der Waals surface area (Å²) in [6, 6.07) is 9.07. The van der Waals surface area contributed by atoms with Crippen molar-refractivity contribution in [3.8, 4) is 0 Å². The van der Waals surface area contributed by atoms with E-state index in [4.69, 9.17) is 20.0 Å². The van der Waals surface area contributed by atoms with Crippen LogP contribution in [0, 0.1) is 0 Å². The maximum Gasteiger partial charge on any atom is 0.357 e. The van der Waals surface area contributed by atoms with Crippen LogP contribution < -0.4 is 5.73 Å². The lowest BCUT2D eigenvalue weighted by Crippen LogP contribution is -2.17. The van der Waals surface area contributed by atoms with Crippen LogP contribution in [0.2, 0.25) is 0 Å². The molecule has 0 aliphatic carbocycles. The molecule has 3 N–H and O–H groups in total. The lowest BCUT2D eigenvalue weighted by molar-refractivity contribution is 0.0690. The number of carboxylic acids is 1. The first-order chi connectivity index (χ1) is 9.16. The minimum atomic E-state index is -1.15. The fourth-order valence-corrected chi connectivity index (χ4v) is 1.51. The summed E-state index contributed by atoms with van der Waals surface area (Å²) in [6.45, 7) is 0.634. The molecule has 0 radical (unpaired) electrons. The van der Waals surface area contributed by atoms with Crippen molar-refractivity contribution >= 4 is 5.97 Å². The highest BCUT2D eigenvalue weighted by Crippen LogP contribution is 2.11. The lowest BCUT2D eigenvalue weighted by Gasteiger charge is -2.08. The number of nitrogens with two attached hydrogens (primary N) is 1. The number of aromatic nitrogens is 1. The molecule has 100 valence electrons. The van der Waals surface area contributed by atoms with Crippen LogP contribution in [-0.2, 0) is 11.3 Å². The second-order valence-electron chi connectivity index (χ2n) is 3.98. The highest BCUT2D eigenvalue weighted by molar-refractivity contribution is 5.84. The van der Waals surface area contributed by atoms with Gasteiger partial charge < -0.3 is 20.0 Å². The molecule has 0 aliphatic heterocycles. The number of carbonyl (C=O) groups is 1. The Labute approximate surface area is 109 Å². The first-order valence-electron chi connectivity index (χ1n) is 5.73. The van der Waals surface area contributed by atoms with Gasteiger partial charge in [-0.3, -0.25) is 0 Å². The standard InChI is InChI=1S/C13H14N2O4/c14-10(12-15-11(8-19-12)13(16)17)7-18-6-9-4-2-1-3-5-9/h1-5,8,10H,6-7,14H2,(H,16,17)/t10-/m0/s1. The van der Waals surface area contributed by atoms with E-state index in [-0.39, 0.29) is 18.2 Å². The van der Waals surface area contributed by atoms with Gasteiger partial charge in [-0.25, -0.2) is 9.78 Å². The number of ether oxygens (including phenoxy) is 1. The number of oxazole rings is 1. The molecular weight excluding hydrogens is 248 g/mol. The van der Waals surface area contributed by atoms with Crippen molar-refractivity contribution < 1.29 is 19.1 Å². The van der Waals surface area contributed by atoms with Crippen molar-refractivity contribution in [1.82, 2.24) is 4.98 Å². The van der Waals surface area contributed by atoms with E-state index in [9.17, 15) is 4.79 Å². The zero-order valence-electron chi connectivity index (χ0n) is 10.2. The molecule has 0 bridgehead atoms. The molecule has 19 heavy (non-hydrogen) atoms. The Bertz CT molecular complexity index is 539. The van der Waals surface area contributed by atoms with Crippen molar-refractivity contribution in [2.24, 2.45) is 5.73 Å². The molecule has 2 rings (SSSR count). The third-order valence-electron chi connectivity index (χ3n) is 2.47. The van der Waals surface area contributed by atoms with Gasteiger partial charge in [0.15, 0.2) is 5.69 Å². The average Bonchev–Trinajstić information content (AvgIpc) is 2.89. The van der Waals surface area contributed by atoms with Gasteiger partial charge in [-0.05, 0) is 5.56 Å². The van der Waals surface area contributed by atoms with E-state index in [0.29, 0.717) is 6.61 Å². The molecule has 6 heteroatoms. The molecule has 0 amide bonds. The Morgan fingerprint density at radius 3 is 2.79 bits per heavy atom. The first kappa shape index (κ1) is 13.3. The number of carboxylic acid groups (broad SMARTS) is 1. The molecule has 0 saturated carbocycles. The Morgan fingerprint density at radius 2 is 2.16 bits per heavy atom. The smallest absolute Gasteiger partial charge is 0.357 e. The number of aromatic carboxylic acids is 1. The minimum absolute atomic E-state index is 0.158. The van der Waals surface area contributed by atoms with Gasteiger partial charge in [-0.15, -0.1) is 0 Å². The fourth-order valence-electron chi connectivity index (χ4n) is 1.51. The van der Waals surface area contributed by atoms with Crippen molar-refractivity contribution in [3.63, 3.8) is 0 Å². The fraction of sp³-hybridized carbons (Fsp3) is 0.231. The average molecular weight is 262 g/mol. The molecular formula is C13H14N2O4. The van der Waals surface area contributed by atoms with E-state index >= 15 is 0 Å². The summed E-state index contributed by atoms with van der Waals surface area (Å²) < 4.78 is 10.4. The van der Waals surface area contributed by atoms with Gasteiger partial charge in [0, 0.05) is 0 Å². The number of hydrogen-bond donors (Lipinski definition) is 2. The quantitative estimate of drug-likeness (QED) is 0.820. The van der Waals surface area contributed by atoms with Crippen LogP contribution in [0.3, 0.4) is 0 Å². The summed E-state index contributed by atoms with van der Waals surface area (Å²) in [6.07, 6.45) is 1.06. The van der Waals surface area contributed by atoms with Crippen molar-refractivity contribution in [2.75, 3.05) is 6.61 Å². The number of rotatable bonds is 6. The maximum atomic E-state index is 10.6. The van der Waals surface area contributed by atoms with Gasteiger partial charge in [-0.2, -0.15) is 0 Å². The zero-order valence-corrected chi connectivity index (χ0v) is 10.2. The van der Waals surface area contributed by atoms with Crippen molar-refractivity contribution in [2.45, 2.75) is 12.6 Å². The minimum Gasteiger partial charge on any atom is -0.476 e. The molecule has 1 aromatic heterocycles. The lowest BCUT2D eigenvalue weighted by atomic mass is 10.2. The molecule has 0 spiro atoms. The second-order valence-corrected chi connectivity index (χ2v) is 3.98. The molecule has 1 heterocycles.